The van der Waals surface area contributed by atoms with Gasteiger partial charge >= 0.3 is 0 Å². The largest absolute Gasteiger partial charge is 0.393 e. The summed E-state index contributed by atoms with van der Waals surface area (Å²) in [6.07, 6.45) is 12.3. The molecule has 3 aliphatic carbocycles. The number of hydrogen-bond acceptors (Lipinski definition) is 2. The number of rotatable bonds is 5. The van der Waals surface area contributed by atoms with Crippen LogP contribution in [0.3, 0.4) is 0 Å². The van der Waals surface area contributed by atoms with E-state index in [2.05, 4.69) is 6.92 Å². The van der Waals surface area contributed by atoms with Crippen molar-refractivity contribution < 1.29 is 10.2 Å². The molecule has 21 heavy (non-hydrogen) atoms. The second kappa shape index (κ2) is 5.23. The van der Waals surface area contributed by atoms with E-state index in [0.29, 0.717) is 16.7 Å². The summed E-state index contributed by atoms with van der Waals surface area (Å²) in [5.74, 6) is 1.38. The zero-order valence-electron chi connectivity index (χ0n) is 14.2. The lowest BCUT2D eigenvalue weighted by atomic mass is 9.60. The fraction of sp³-hybridized carbons (Fsp3) is 1.00. The number of hydrogen-bond donors (Lipinski definition) is 2. The lowest BCUT2D eigenvalue weighted by Crippen LogP contribution is -2.42. The fourth-order valence-corrected chi connectivity index (χ4v) is 5.96. The lowest BCUT2D eigenvalue weighted by Gasteiger charge is -2.46. The van der Waals surface area contributed by atoms with E-state index in [9.17, 15) is 10.2 Å². The van der Waals surface area contributed by atoms with Crippen LogP contribution in [0.4, 0.5) is 0 Å². The standard InChI is InChI=1S/C19H34O2/c1-17(2,21)9-5-11-19(12-13-19)16-8-7-14-15(20)6-4-10-18(14,16)3/h14-16,20-21H,4-13H2,1-3H3. The molecular formula is C19H34O2. The Bertz CT molecular complexity index is 380. The van der Waals surface area contributed by atoms with Crippen LogP contribution >= 0.6 is 0 Å². The van der Waals surface area contributed by atoms with Gasteiger partial charge in [-0.25, -0.2) is 0 Å². The summed E-state index contributed by atoms with van der Waals surface area (Å²) in [7, 11) is 0. The second-order valence-electron chi connectivity index (χ2n) is 9.23. The maximum Gasteiger partial charge on any atom is 0.0591 e. The molecule has 0 aliphatic heterocycles. The average Bonchev–Trinajstić information content (AvgIpc) is 3.03. The van der Waals surface area contributed by atoms with Crippen molar-refractivity contribution in [1.29, 1.82) is 0 Å². The first-order chi connectivity index (χ1) is 9.77. The van der Waals surface area contributed by atoms with E-state index in [-0.39, 0.29) is 6.10 Å². The van der Waals surface area contributed by atoms with Crippen LogP contribution in [0.15, 0.2) is 0 Å². The summed E-state index contributed by atoms with van der Waals surface area (Å²) < 4.78 is 0. The third-order valence-electron chi connectivity index (χ3n) is 7.18. The Labute approximate surface area is 130 Å². The third kappa shape index (κ3) is 2.91. The molecule has 122 valence electrons. The zero-order valence-corrected chi connectivity index (χ0v) is 14.2. The molecule has 0 radical (unpaired) electrons. The minimum atomic E-state index is -0.515. The lowest BCUT2D eigenvalue weighted by molar-refractivity contribution is -0.0342. The van der Waals surface area contributed by atoms with Gasteiger partial charge in [0.2, 0.25) is 0 Å². The van der Waals surface area contributed by atoms with Crippen LogP contribution in [0.5, 0.6) is 0 Å². The van der Waals surface area contributed by atoms with E-state index < -0.39 is 5.60 Å². The minimum absolute atomic E-state index is 0.0408. The summed E-state index contributed by atoms with van der Waals surface area (Å²) in [5, 5.41) is 20.3. The predicted molar refractivity (Wildman–Crippen MR) is 86.0 cm³/mol. The first-order valence-electron chi connectivity index (χ1n) is 9.17. The Balaban J connectivity index is 1.66. The van der Waals surface area contributed by atoms with Crippen molar-refractivity contribution in [3.63, 3.8) is 0 Å². The van der Waals surface area contributed by atoms with Crippen molar-refractivity contribution in [2.45, 2.75) is 96.7 Å². The van der Waals surface area contributed by atoms with E-state index in [0.717, 1.165) is 25.2 Å². The minimum Gasteiger partial charge on any atom is -0.393 e. The van der Waals surface area contributed by atoms with Crippen LogP contribution < -0.4 is 0 Å². The smallest absolute Gasteiger partial charge is 0.0591 e. The van der Waals surface area contributed by atoms with E-state index in [1.54, 1.807) is 0 Å². The molecule has 0 bridgehead atoms. The number of aliphatic hydroxyl groups is 2. The van der Waals surface area contributed by atoms with Gasteiger partial charge in [0.25, 0.3) is 0 Å². The molecule has 0 spiro atoms. The van der Waals surface area contributed by atoms with Crippen LogP contribution in [0.25, 0.3) is 0 Å². The highest BCUT2D eigenvalue weighted by molar-refractivity contribution is 5.10. The molecule has 0 aromatic heterocycles. The summed E-state index contributed by atoms with van der Waals surface area (Å²) in [6.45, 7) is 6.34. The van der Waals surface area contributed by atoms with Crippen molar-refractivity contribution in [3.8, 4) is 0 Å². The first kappa shape index (κ1) is 15.8. The molecule has 3 fully saturated rings. The quantitative estimate of drug-likeness (QED) is 0.794. The Morgan fingerprint density at radius 1 is 1.10 bits per heavy atom. The second-order valence-corrected chi connectivity index (χ2v) is 9.23. The SMILES string of the molecule is CC(C)(O)CCCC1(C2CCC3C(O)CCCC32C)CC1. The molecule has 0 aromatic carbocycles. The molecule has 3 aliphatic rings. The topological polar surface area (TPSA) is 40.5 Å². The predicted octanol–water partition coefficient (Wildman–Crippen LogP) is 4.29. The molecule has 0 saturated heterocycles. The molecule has 2 heteroatoms. The van der Waals surface area contributed by atoms with Gasteiger partial charge in [-0.05, 0) is 87.9 Å². The number of fused-ring (bicyclic) bond motifs is 1. The van der Waals surface area contributed by atoms with Crippen LogP contribution in [0.2, 0.25) is 0 Å². The maximum absolute atomic E-state index is 10.4. The monoisotopic (exact) mass is 294 g/mol. The Morgan fingerprint density at radius 3 is 2.43 bits per heavy atom. The number of aliphatic hydroxyl groups excluding tert-OH is 1. The van der Waals surface area contributed by atoms with E-state index >= 15 is 0 Å². The van der Waals surface area contributed by atoms with Crippen LogP contribution in [0, 0.1) is 22.7 Å². The fourth-order valence-electron chi connectivity index (χ4n) is 5.96. The van der Waals surface area contributed by atoms with Gasteiger partial charge in [-0.1, -0.05) is 19.8 Å². The van der Waals surface area contributed by atoms with Gasteiger partial charge in [-0.3, -0.25) is 0 Å². The van der Waals surface area contributed by atoms with Gasteiger partial charge in [-0.2, -0.15) is 0 Å². The molecule has 4 unspecified atom stereocenters. The van der Waals surface area contributed by atoms with E-state index in [4.69, 9.17) is 0 Å². The van der Waals surface area contributed by atoms with Crippen molar-refractivity contribution in [3.05, 3.63) is 0 Å². The van der Waals surface area contributed by atoms with Gasteiger partial charge in [0.1, 0.15) is 0 Å². The van der Waals surface area contributed by atoms with Gasteiger partial charge in [0.05, 0.1) is 11.7 Å². The molecule has 2 N–H and O–H groups in total. The van der Waals surface area contributed by atoms with Gasteiger partial charge < -0.3 is 10.2 Å². The summed E-state index contributed by atoms with van der Waals surface area (Å²) >= 11 is 0. The van der Waals surface area contributed by atoms with Gasteiger partial charge in [0, 0.05) is 0 Å². The van der Waals surface area contributed by atoms with Crippen LogP contribution in [0.1, 0.15) is 85.0 Å². The Kier molecular flexibility index (Phi) is 3.94. The van der Waals surface area contributed by atoms with E-state index in [1.807, 2.05) is 13.8 Å². The van der Waals surface area contributed by atoms with Crippen LogP contribution in [-0.4, -0.2) is 21.9 Å². The molecule has 0 heterocycles. The first-order valence-corrected chi connectivity index (χ1v) is 9.17. The normalized spacial score (nSPS) is 41.9. The Morgan fingerprint density at radius 2 is 1.81 bits per heavy atom. The zero-order chi connectivity index (χ0) is 15.3. The maximum atomic E-state index is 10.4. The van der Waals surface area contributed by atoms with Crippen LogP contribution in [-0.2, 0) is 0 Å². The van der Waals surface area contributed by atoms with Crippen molar-refractivity contribution >= 4 is 0 Å². The average molecular weight is 294 g/mol. The molecule has 0 amide bonds. The Hall–Kier alpha value is -0.0800. The molecule has 0 aromatic rings. The summed E-state index contributed by atoms with van der Waals surface area (Å²) in [6, 6.07) is 0. The highest BCUT2D eigenvalue weighted by atomic mass is 16.3. The van der Waals surface area contributed by atoms with Crippen molar-refractivity contribution in [2.75, 3.05) is 0 Å². The summed E-state index contributed by atoms with van der Waals surface area (Å²) in [4.78, 5) is 0. The van der Waals surface area contributed by atoms with Gasteiger partial charge in [-0.15, -0.1) is 0 Å². The van der Waals surface area contributed by atoms with Gasteiger partial charge in [0.15, 0.2) is 0 Å². The molecule has 2 nitrogen and oxygen atoms in total. The van der Waals surface area contributed by atoms with Crippen molar-refractivity contribution in [2.24, 2.45) is 22.7 Å². The highest BCUT2D eigenvalue weighted by Gasteiger charge is 2.61. The van der Waals surface area contributed by atoms with E-state index in [1.165, 1.54) is 44.9 Å². The third-order valence-corrected chi connectivity index (χ3v) is 7.18. The molecule has 4 atom stereocenters. The molecular weight excluding hydrogens is 260 g/mol. The summed E-state index contributed by atoms with van der Waals surface area (Å²) in [5.41, 5.74) is 0.438. The van der Waals surface area contributed by atoms with Crippen molar-refractivity contribution in [1.82, 2.24) is 0 Å². The molecule has 3 saturated carbocycles. The molecule has 3 rings (SSSR count). The highest BCUT2D eigenvalue weighted by Crippen LogP contribution is 2.69.